The average molecular weight is 360 g/mol. The van der Waals surface area contributed by atoms with Gasteiger partial charge in [0, 0.05) is 17.5 Å². The Morgan fingerprint density at radius 1 is 1.24 bits per heavy atom. The van der Waals surface area contributed by atoms with Gasteiger partial charge in [-0.2, -0.15) is 8.42 Å². The SMILES string of the molecule is C=CCC1OC(=O)c2cc(OC)c(-c3ccc(S(=O)(=O)O)cc3)cc21. The quantitative estimate of drug-likeness (QED) is 0.499. The molecule has 1 N–H and O–H groups in total. The lowest BCUT2D eigenvalue weighted by molar-refractivity contribution is 0.0392. The monoisotopic (exact) mass is 360 g/mol. The second kappa shape index (κ2) is 6.34. The summed E-state index contributed by atoms with van der Waals surface area (Å²) in [6.45, 7) is 3.67. The van der Waals surface area contributed by atoms with Crippen molar-refractivity contribution in [3.8, 4) is 16.9 Å². The van der Waals surface area contributed by atoms with E-state index in [1.54, 1.807) is 30.3 Å². The molecular weight excluding hydrogens is 344 g/mol. The average Bonchev–Trinajstić information content (AvgIpc) is 2.89. The van der Waals surface area contributed by atoms with Crippen molar-refractivity contribution in [3.63, 3.8) is 0 Å². The molecule has 1 heterocycles. The van der Waals surface area contributed by atoms with Gasteiger partial charge in [0.15, 0.2) is 0 Å². The van der Waals surface area contributed by atoms with Crippen LogP contribution >= 0.6 is 0 Å². The molecule has 0 aromatic heterocycles. The van der Waals surface area contributed by atoms with Crippen LogP contribution in [0.3, 0.4) is 0 Å². The maximum absolute atomic E-state index is 12.0. The molecule has 0 aliphatic carbocycles. The van der Waals surface area contributed by atoms with Crippen molar-refractivity contribution in [3.05, 3.63) is 60.2 Å². The Morgan fingerprint density at radius 3 is 2.48 bits per heavy atom. The van der Waals surface area contributed by atoms with E-state index in [1.807, 2.05) is 0 Å². The first kappa shape index (κ1) is 17.2. The van der Waals surface area contributed by atoms with Crippen LogP contribution < -0.4 is 4.74 Å². The van der Waals surface area contributed by atoms with Gasteiger partial charge in [0.1, 0.15) is 11.9 Å². The fourth-order valence-corrected chi connectivity index (χ4v) is 3.30. The summed E-state index contributed by atoms with van der Waals surface area (Å²) in [5.41, 5.74) is 2.56. The van der Waals surface area contributed by atoms with Crippen molar-refractivity contribution in [2.75, 3.05) is 7.11 Å². The van der Waals surface area contributed by atoms with E-state index in [4.69, 9.17) is 14.0 Å². The minimum atomic E-state index is -4.26. The molecule has 1 atom stereocenters. The molecule has 3 rings (SSSR count). The van der Waals surface area contributed by atoms with Crippen LogP contribution in [0.4, 0.5) is 0 Å². The van der Waals surface area contributed by atoms with Crippen molar-refractivity contribution in [2.45, 2.75) is 17.4 Å². The zero-order valence-electron chi connectivity index (χ0n) is 13.4. The minimum absolute atomic E-state index is 0.195. The van der Waals surface area contributed by atoms with Gasteiger partial charge in [-0.1, -0.05) is 18.2 Å². The van der Waals surface area contributed by atoms with Crippen LogP contribution in [0.25, 0.3) is 11.1 Å². The smallest absolute Gasteiger partial charge is 0.339 e. The Labute approximate surface area is 145 Å². The van der Waals surface area contributed by atoms with Crippen LogP contribution in [0.2, 0.25) is 0 Å². The first-order valence-electron chi connectivity index (χ1n) is 7.47. The summed E-state index contributed by atoms with van der Waals surface area (Å²) in [5.74, 6) is 0.0583. The molecule has 0 spiro atoms. The van der Waals surface area contributed by atoms with Crippen molar-refractivity contribution in [1.82, 2.24) is 0 Å². The molecule has 1 unspecified atom stereocenters. The summed E-state index contributed by atoms with van der Waals surface area (Å²) < 4.78 is 42.2. The van der Waals surface area contributed by atoms with Gasteiger partial charge in [0.2, 0.25) is 0 Å². The fourth-order valence-electron chi connectivity index (χ4n) is 2.82. The van der Waals surface area contributed by atoms with Gasteiger partial charge in [-0.15, -0.1) is 6.58 Å². The van der Waals surface area contributed by atoms with Gasteiger partial charge in [0.05, 0.1) is 17.6 Å². The molecule has 7 heteroatoms. The lowest BCUT2D eigenvalue weighted by Gasteiger charge is -2.13. The molecule has 2 aromatic carbocycles. The molecule has 0 saturated carbocycles. The third kappa shape index (κ3) is 3.16. The van der Waals surface area contributed by atoms with Crippen LogP contribution in [-0.4, -0.2) is 26.0 Å². The van der Waals surface area contributed by atoms with E-state index in [1.165, 1.54) is 19.2 Å². The topological polar surface area (TPSA) is 89.9 Å². The van der Waals surface area contributed by atoms with Gasteiger partial charge >= 0.3 is 5.97 Å². The summed E-state index contributed by atoms with van der Waals surface area (Å²) in [4.78, 5) is 11.8. The molecule has 2 aromatic rings. The molecule has 0 bridgehead atoms. The molecule has 25 heavy (non-hydrogen) atoms. The third-order valence-electron chi connectivity index (χ3n) is 4.03. The van der Waals surface area contributed by atoms with Gasteiger partial charge in [-0.25, -0.2) is 4.79 Å². The molecule has 6 nitrogen and oxygen atoms in total. The molecule has 130 valence electrons. The summed E-state index contributed by atoms with van der Waals surface area (Å²) in [6.07, 6.45) is 1.77. The van der Waals surface area contributed by atoms with Crippen LogP contribution in [0.1, 0.15) is 28.4 Å². The number of fused-ring (bicyclic) bond motifs is 1. The van der Waals surface area contributed by atoms with Crippen molar-refractivity contribution >= 4 is 16.1 Å². The first-order chi connectivity index (χ1) is 11.8. The largest absolute Gasteiger partial charge is 0.496 e. The number of hydrogen-bond acceptors (Lipinski definition) is 5. The Bertz CT molecular complexity index is 944. The van der Waals surface area contributed by atoms with Crippen molar-refractivity contribution < 1.29 is 27.2 Å². The van der Waals surface area contributed by atoms with E-state index in [0.717, 1.165) is 5.56 Å². The van der Waals surface area contributed by atoms with Crippen LogP contribution in [0, 0.1) is 0 Å². The fraction of sp³-hybridized carbons (Fsp3) is 0.167. The third-order valence-corrected chi connectivity index (χ3v) is 4.90. The predicted molar refractivity (Wildman–Crippen MR) is 91.2 cm³/mol. The second-order valence-electron chi connectivity index (χ2n) is 5.56. The lowest BCUT2D eigenvalue weighted by Crippen LogP contribution is -1.98. The van der Waals surface area contributed by atoms with Gasteiger partial charge < -0.3 is 9.47 Å². The summed E-state index contributed by atoms with van der Waals surface area (Å²) in [6, 6.07) is 9.16. The maximum atomic E-state index is 12.0. The Balaban J connectivity index is 2.12. The second-order valence-corrected chi connectivity index (χ2v) is 6.98. The minimum Gasteiger partial charge on any atom is -0.496 e. The Morgan fingerprint density at radius 2 is 1.92 bits per heavy atom. The van der Waals surface area contributed by atoms with Crippen molar-refractivity contribution in [1.29, 1.82) is 0 Å². The van der Waals surface area contributed by atoms with E-state index < -0.39 is 22.2 Å². The number of benzene rings is 2. The zero-order chi connectivity index (χ0) is 18.2. The molecule has 0 radical (unpaired) electrons. The van der Waals surface area contributed by atoms with E-state index >= 15 is 0 Å². The molecule has 0 saturated heterocycles. The van der Waals surface area contributed by atoms with E-state index in [2.05, 4.69) is 6.58 Å². The summed E-state index contributed by atoms with van der Waals surface area (Å²) in [7, 11) is -2.77. The lowest BCUT2D eigenvalue weighted by atomic mass is 9.95. The van der Waals surface area contributed by atoms with E-state index in [0.29, 0.717) is 28.9 Å². The van der Waals surface area contributed by atoms with Crippen LogP contribution in [0.5, 0.6) is 5.75 Å². The maximum Gasteiger partial charge on any atom is 0.339 e. The van der Waals surface area contributed by atoms with Gasteiger partial charge in [-0.05, 0) is 29.8 Å². The number of hydrogen-bond donors (Lipinski definition) is 1. The Hall–Kier alpha value is -2.64. The number of esters is 1. The van der Waals surface area contributed by atoms with Gasteiger partial charge in [0.25, 0.3) is 10.1 Å². The number of carbonyl (C=O) groups is 1. The highest BCUT2D eigenvalue weighted by Crippen LogP contribution is 2.41. The Kier molecular flexibility index (Phi) is 4.36. The number of methoxy groups -OCH3 is 1. The number of rotatable bonds is 5. The normalized spacial score (nSPS) is 16.2. The standard InChI is InChI=1S/C18H16O6S/c1-3-4-16-14-9-13(17(23-2)10-15(14)18(19)24-16)11-5-7-12(8-6-11)25(20,21)22/h3,5-10,16H,1,4H2,2H3,(H,20,21,22). The van der Waals surface area contributed by atoms with Crippen LogP contribution in [-0.2, 0) is 14.9 Å². The first-order valence-corrected chi connectivity index (χ1v) is 8.91. The molecule has 1 aliphatic heterocycles. The van der Waals surface area contributed by atoms with E-state index in [9.17, 15) is 13.2 Å². The molecule has 0 fully saturated rings. The predicted octanol–water partition coefficient (Wildman–Crippen LogP) is 3.40. The number of carbonyl (C=O) groups excluding carboxylic acids is 1. The highest BCUT2D eigenvalue weighted by molar-refractivity contribution is 7.85. The molecular formula is C18H16O6S. The molecule has 0 amide bonds. The number of ether oxygens (including phenoxy) is 2. The van der Waals surface area contributed by atoms with Crippen LogP contribution in [0.15, 0.2) is 53.9 Å². The zero-order valence-corrected chi connectivity index (χ0v) is 14.2. The van der Waals surface area contributed by atoms with Gasteiger partial charge in [-0.3, -0.25) is 4.55 Å². The van der Waals surface area contributed by atoms with Crippen molar-refractivity contribution in [2.24, 2.45) is 0 Å². The van der Waals surface area contributed by atoms with E-state index in [-0.39, 0.29) is 4.90 Å². The summed E-state index contributed by atoms with van der Waals surface area (Å²) >= 11 is 0. The highest BCUT2D eigenvalue weighted by Gasteiger charge is 2.32. The number of cyclic esters (lactones) is 1. The molecule has 1 aliphatic rings. The summed E-state index contributed by atoms with van der Waals surface area (Å²) in [5, 5.41) is 0. The highest BCUT2D eigenvalue weighted by atomic mass is 32.2.